The Bertz CT molecular complexity index is 247. The largest absolute Gasteiger partial charge is 0.395 e. The van der Waals surface area contributed by atoms with Crippen LogP contribution in [0.3, 0.4) is 0 Å². The topological polar surface area (TPSA) is 60.9 Å². The Morgan fingerprint density at radius 2 is 2.46 bits per heavy atom. The Labute approximate surface area is 78.4 Å². The summed E-state index contributed by atoms with van der Waals surface area (Å²) in [6, 6.07) is 2.17. The lowest BCUT2D eigenvalue weighted by atomic mass is 10.3. The molecule has 0 spiro atoms. The summed E-state index contributed by atoms with van der Waals surface area (Å²) >= 11 is 0. The molecule has 0 radical (unpaired) electrons. The Balaban J connectivity index is 2.36. The monoisotopic (exact) mass is 183 g/mol. The van der Waals surface area contributed by atoms with Crippen LogP contribution in [0.4, 0.5) is 0 Å². The maximum atomic E-state index is 8.78. The number of nitrogens with zero attached hydrogens (tertiary/aromatic N) is 1. The zero-order chi connectivity index (χ0) is 9.68. The molecule has 0 amide bonds. The molecule has 1 rings (SSSR count). The summed E-state index contributed by atoms with van der Waals surface area (Å²) < 4.78 is 0. The Hall–Kier alpha value is -0.870. The fourth-order valence-electron chi connectivity index (χ4n) is 1.03. The summed E-state index contributed by atoms with van der Waals surface area (Å²) in [7, 11) is 0. The molecule has 74 valence electrons. The molecule has 4 heteroatoms. The first kappa shape index (κ1) is 10.2. The summed E-state index contributed by atoms with van der Waals surface area (Å²) in [6.45, 7) is 4.91. The predicted molar refractivity (Wildman–Crippen MR) is 51.4 cm³/mol. The van der Waals surface area contributed by atoms with Crippen LogP contribution in [-0.4, -0.2) is 28.0 Å². The van der Waals surface area contributed by atoms with Gasteiger partial charge in [-0.1, -0.05) is 6.92 Å². The zero-order valence-electron chi connectivity index (χ0n) is 8.17. The van der Waals surface area contributed by atoms with Crippen LogP contribution in [0.1, 0.15) is 25.2 Å². The van der Waals surface area contributed by atoms with E-state index in [1.54, 1.807) is 0 Å². The molecule has 0 aliphatic carbocycles. The van der Waals surface area contributed by atoms with Crippen molar-refractivity contribution in [3.8, 4) is 0 Å². The molecule has 0 fully saturated rings. The number of nitrogens with one attached hydrogen (secondary N) is 2. The molecule has 1 unspecified atom stereocenters. The average molecular weight is 183 g/mol. The number of aromatic nitrogens is 2. The van der Waals surface area contributed by atoms with E-state index in [0.717, 1.165) is 24.4 Å². The third-order valence-corrected chi connectivity index (χ3v) is 1.96. The average Bonchev–Trinajstić information content (AvgIpc) is 2.61. The first-order valence-electron chi connectivity index (χ1n) is 4.63. The van der Waals surface area contributed by atoms with E-state index in [4.69, 9.17) is 5.11 Å². The number of rotatable bonds is 5. The van der Waals surface area contributed by atoms with Crippen LogP contribution in [0, 0.1) is 0 Å². The van der Waals surface area contributed by atoms with Crippen LogP contribution < -0.4 is 5.32 Å². The normalized spacial score (nSPS) is 13.2. The van der Waals surface area contributed by atoms with Crippen molar-refractivity contribution in [2.75, 3.05) is 6.61 Å². The van der Waals surface area contributed by atoms with Crippen LogP contribution in [0.2, 0.25) is 0 Å². The lowest BCUT2D eigenvalue weighted by Gasteiger charge is -2.08. The number of aryl methyl sites for hydroxylation is 1. The second kappa shape index (κ2) is 4.99. The molecule has 0 aliphatic rings. The van der Waals surface area contributed by atoms with Crippen LogP contribution in [0.5, 0.6) is 0 Å². The molecule has 3 N–H and O–H groups in total. The van der Waals surface area contributed by atoms with E-state index in [0.29, 0.717) is 0 Å². The standard InChI is InChI=1S/C9H17N3O/c1-3-8-4-9(12-11-8)5-10-7(2)6-13/h4,7,10,13H,3,5-6H2,1-2H3,(H,11,12). The Kier molecular flexibility index (Phi) is 3.92. The molecular weight excluding hydrogens is 166 g/mol. The Morgan fingerprint density at radius 3 is 3.00 bits per heavy atom. The lowest BCUT2D eigenvalue weighted by molar-refractivity contribution is 0.250. The van der Waals surface area contributed by atoms with E-state index in [1.165, 1.54) is 0 Å². The smallest absolute Gasteiger partial charge is 0.0622 e. The fourth-order valence-corrected chi connectivity index (χ4v) is 1.03. The molecular formula is C9H17N3O. The molecule has 1 aromatic rings. The van der Waals surface area contributed by atoms with E-state index < -0.39 is 0 Å². The van der Waals surface area contributed by atoms with Gasteiger partial charge in [0.1, 0.15) is 0 Å². The number of hydrogen-bond donors (Lipinski definition) is 3. The van der Waals surface area contributed by atoms with Crippen molar-refractivity contribution in [1.82, 2.24) is 15.5 Å². The number of aliphatic hydroxyl groups excluding tert-OH is 1. The van der Waals surface area contributed by atoms with Crippen molar-refractivity contribution in [2.45, 2.75) is 32.9 Å². The zero-order valence-corrected chi connectivity index (χ0v) is 8.17. The van der Waals surface area contributed by atoms with Gasteiger partial charge in [0, 0.05) is 18.3 Å². The highest BCUT2D eigenvalue weighted by atomic mass is 16.3. The summed E-state index contributed by atoms with van der Waals surface area (Å²) in [5.74, 6) is 0. The predicted octanol–water partition coefficient (Wildman–Crippen LogP) is 0.442. The molecule has 0 bridgehead atoms. The third kappa shape index (κ3) is 3.16. The van der Waals surface area contributed by atoms with E-state index in [9.17, 15) is 0 Å². The van der Waals surface area contributed by atoms with E-state index in [2.05, 4.69) is 22.4 Å². The van der Waals surface area contributed by atoms with E-state index in [-0.39, 0.29) is 12.6 Å². The van der Waals surface area contributed by atoms with Gasteiger partial charge in [0.05, 0.1) is 12.3 Å². The molecule has 0 aromatic carbocycles. The number of aromatic amines is 1. The molecule has 0 aliphatic heterocycles. The van der Waals surface area contributed by atoms with Crippen molar-refractivity contribution in [1.29, 1.82) is 0 Å². The van der Waals surface area contributed by atoms with E-state index in [1.807, 2.05) is 13.0 Å². The second-order valence-electron chi connectivity index (χ2n) is 3.20. The van der Waals surface area contributed by atoms with Crippen molar-refractivity contribution < 1.29 is 5.11 Å². The van der Waals surface area contributed by atoms with Crippen LogP contribution in [-0.2, 0) is 13.0 Å². The number of aliphatic hydroxyl groups is 1. The highest BCUT2D eigenvalue weighted by Gasteiger charge is 2.01. The van der Waals surface area contributed by atoms with Gasteiger partial charge in [0.25, 0.3) is 0 Å². The lowest BCUT2D eigenvalue weighted by Crippen LogP contribution is -2.28. The van der Waals surface area contributed by atoms with Crippen molar-refractivity contribution in [3.63, 3.8) is 0 Å². The summed E-state index contributed by atoms with van der Waals surface area (Å²) in [5, 5.41) is 19.0. The van der Waals surface area contributed by atoms with Gasteiger partial charge in [-0.3, -0.25) is 5.10 Å². The summed E-state index contributed by atoms with van der Waals surface area (Å²) in [6.07, 6.45) is 0.950. The van der Waals surface area contributed by atoms with Crippen molar-refractivity contribution in [3.05, 3.63) is 17.5 Å². The van der Waals surface area contributed by atoms with E-state index >= 15 is 0 Å². The molecule has 0 saturated heterocycles. The maximum absolute atomic E-state index is 8.78. The molecule has 1 aromatic heterocycles. The number of hydrogen-bond acceptors (Lipinski definition) is 3. The maximum Gasteiger partial charge on any atom is 0.0622 e. The minimum absolute atomic E-state index is 0.133. The number of H-pyrrole nitrogens is 1. The van der Waals surface area contributed by atoms with Gasteiger partial charge in [-0.15, -0.1) is 0 Å². The molecule has 4 nitrogen and oxygen atoms in total. The third-order valence-electron chi connectivity index (χ3n) is 1.96. The SMILES string of the molecule is CCc1cc(CNC(C)CO)[nH]n1. The van der Waals surface area contributed by atoms with Crippen LogP contribution in [0.25, 0.3) is 0 Å². The highest BCUT2D eigenvalue weighted by molar-refractivity contribution is 5.08. The summed E-state index contributed by atoms with van der Waals surface area (Å²) in [4.78, 5) is 0. The first-order valence-corrected chi connectivity index (χ1v) is 4.63. The minimum Gasteiger partial charge on any atom is -0.395 e. The quantitative estimate of drug-likeness (QED) is 0.621. The van der Waals surface area contributed by atoms with Gasteiger partial charge in [-0.2, -0.15) is 5.10 Å². The van der Waals surface area contributed by atoms with Gasteiger partial charge in [-0.05, 0) is 19.4 Å². The summed E-state index contributed by atoms with van der Waals surface area (Å²) in [5.41, 5.74) is 2.14. The van der Waals surface area contributed by atoms with Crippen LogP contribution in [0.15, 0.2) is 6.07 Å². The van der Waals surface area contributed by atoms with Gasteiger partial charge >= 0.3 is 0 Å². The Morgan fingerprint density at radius 1 is 1.69 bits per heavy atom. The fraction of sp³-hybridized carbons (Fsp3) is 0.667. The van der Waals surface area contributed by atoms with Crippen molar-refractivity contribution in [2.24, 2.45) is 0 Å². The van der Waals surface area contributed by atoms with Crippen molar-refractivity contribution >= 4 is 0 Å². The highest BCUT2D eigenvalue weighted by Crippen LogP contribution is 1.99. The van der Waals surface area contributed by atoms with Gasteiger partial charge < -0.3 is 10.4 Å². The van der Waals surface area contributed by atoms with Gasteiger partial charge in [0.15, 0.2) is 0 Å². The molecule has 0 saturated carbocycles. The van der Waals surface area contributed by atoms with Gasteiger partial charge in [-0.25, -0.2) is 0 Å². The molecule has 13 heavy (non-hydrogen) atoms. The minimum atomic E-state index is 0.133. The van der Waals surface area contributed by atoms with Crippen LogP contribution >= 0.6 is 0 Å². The molecule has 1 heterocycles. The van der Waals surface area contributed by atoms with Gasteiger partial charge in [0.2, 0.25) is 0 Å². The first-order chi connectivity index (χ1) is 6.26. The molecule has 1 atom stereocenters. The second-order valence-corrected chi connectivity index (χ2v) is 3.20.